The van der Waals surface area contributed by atoms with E-state index in [0.717, 1.165) is 63.7 Å². The summed E-state index contributed by atoms with van der Waals surface area (Å²) < 4.78 is 16.8. The van der Waals surface area contributed by atoms with Gasteiger partial charge in [0.15, 0.2) is 6.10 Å². The second-order valence-electron chi connectivity index (χ2n) is 18.1. The van der Waals surface area contributed by atoms with Gasteiger partial charge in [-0.05, 0) is 25.2 Å². The predicted octanol–water partition coefficient (Wildman–Crippen LogP) is 16.7. The lowest BCUT2D eigenvalue weighted by Crippen LogP contribution is -2.30. The SMILES string of the molecule is CCCCCCCCCCCCCCCCCCC(=O)O[C@H](COC(=O)CCCCCCCCCCCC)COC(=O)CCCCCCCCCCCCC(C)CC. The van der Waals surface area contributed by atoms with Crippen molar-refractivity contribution in [3.8, 4) is 0 Å². The van der Waals surface area contributed by atoms with Crippen LogP contribution in [-0.4, -0.2) is 37.2 Å². The summed E-state index contributed by atoms with van der Waals surface area (Å²) >= 11 is 0. The van der Waals surface area contributed by atoms with Crippen LogP contribution in [0.2, 0.25) is 0 Å². The van der Waals surface area contributed by atoms with Gasteiger partial charge in [-0.1, -0.05) is 252 Å². The molecule has 0 aromatic rings. The minimum absolute atomic E-state index is 0.0631. The number of carbonyl (C=O) groups excluding carboxylic acids is 3. The Balaban J connectivity index is 4.29. The zero-order valence-electron chi connectivity index (χ0n) is 39.5. The Morgan fingerprint density at radius 2 is 0.603 bits per heavy atom. The molecule has 0 saturated heterocycles. The van der Waals surface area contributed by atoms with Gasteiger partial charge in [0.05, 0.1) is 0 Å². The molecule has 0 aliphatic rings. The van der Waals surface area contributed by atoms with Crippen molar-refractivity contribution in [3.05, 3.63) is 0 Å². The third-order valence-corrected chi connectivity index (χ3v) is 12.2. The summed E-state index contributed by atoms with van der Waals surface area (Å²) in [5, 5.41) is 0. The molecule has 0 amide bonds. The highest BCUT2D eigenvalue weighted by Gasteiger charge is 2.19. The van der Waals surface area contributed by atoms with Gasteiger partial charge in [-0.2, -0.15) is 0 Å². The van der Waals surface area contributed by atoms with Crippen LogP contribution in [0.15, 0.2) is 0 Å². The van der Waals surface area contributed by atoms with E-state index < -0.39 is 6.10 Å². The second kappa shape index (κ2) is 46.5. The Morgan fingerprint density at radius 1 is 0.345 bits per heavy atom. The monoisotopic (exact) mass is 821 g/mol. The van der Waals surface area contributed by atoms with Crippen LogP contribution in [-0.2, 0) is 28.6 Å². The highest BCUT2D eigenvalue weighted by molar-refractivity contribution is 5.71. The number of ether oxygens (including phenoxy) is 3. The van der Waals surface area contributed by atoms with Crippen LogP contribution in [0.4, 0.5) is 0 Å². The zero-order valence-corrected chi connectivity index (χ0v) is 39.5. The van der Waals surface area contributed by atoms with Gasteiger partial charge in [0.25, 0.3) is 0 Å². The van der Waals surface area contributed by atoms with Gasteiger partial charge in [0.2, 0.25) is 0 Å². The van der Waals surface area contributed by atoms with Crippen LogP contribution >= 0.6 is 0 Å². The highest BCUT2D eigenvalue weighted by Crippen LogP contribution is 2.17. The first-order valence-electron chi connectivity index (χ1n) is 25.9. The molecule has 6 nitrogen and oxygen atoms in total. The molecule has 0 heterocycles. The van der Waals surface area contributed by atoms with E-state index in [1.54, 1.807) is 0 Å². The molecule has 0 fully saturated rings. The molecular formula is C52H100O6. The summed E-state index contributed by atoms with van der Waals surface area (Å²) in [6.07, 6.45) is 47.9. The number of carbonyl (C=O) groups is 3. The third kappa shape index (κ3) is 44.0. The van der Waals surface area contributed by atoms with Gasteiger partial charge in [-0.3, -0.25) is 14.4 Å². The van der Waals surface area contributed by atoms with Crippen molar-refractivity contribution in [1.82, 2.24) is 0 Å². The summed E-state index contributed by atoms with van der Waals surface area (Å²) in [5.74, 6) is 0.0238. The zero-order chi connectivity index (χ0) is 42.4. The summed E-state index contributed by atoms with van der Waals surface area (Å²) in [7, 11) is 0. The lowest BCUT2D eigenvalue weighted by atomic mass is 9.99. The first kappa shape index (κ1) is 56.4. The fraction of sp³-hybridized carbons (Fsp3) is 0.942. The molecule has 6 heteroatoms. The molecule has 0 aromatic carbocycles. The van der Waals surface area contributed by atoms with Gasteiger partial charge >= 0.3 is 17.9 Å². The van der Waals surface area contributed by atoms with Crippen LogP contribution in [0.3, 0.4) is 0 Å². The summed E-state index contributed by atoms with van der Waals surface area (Å²) in [4.78, 5) is 37.9. The first-order valence-corrected chi connectivity index (χ1v) is 25.9. The van der Waals surface area contributed by atoms with Crippen LogP contribution < -0.4 is 0 Å². The quantitative estimate of drug-likeness (QED) is 0.0346. The largest absolute Gasteiger partial charge is 0.462 e. The normalized spacial score (nSPS) is 12.4. The summed E-state index contributed by atoms with van der Waals surface area (Å²) in [6.45, 7) is 9.04. The Labute approximate surface area is 361 Å². The molecule has 2 atom stereocenters. The van der Waals surface area contributed by atoms with Crippen LogP contribution in [0.1, 0.15) is 291 Å². The van der Waals surface area contributed by atoms with Crippen LogP contribution in [0.25, 0.3) is 0 Å². The molecule has 0 spiro atoms. The molecule has 0 bridgehead atoms. The molecule has 0 rings (SSSR count). The third-order valence-electron chi connectivity index (χ3n) is 12.2. The molecule has 58 heavy (non-hydrogen) atoms. The minimum Gasteiger partial charge on any atom is -0.462 e. The maximum Gasteiger partial charge on any atom is 0.306 e. The fourth-order valence-corrected chi connectivity index (χ4v) is 7.83. The fourth-order valence-electron chi connectivity index (χ4n) is 7.83. The Hall–Kier alpha value is -1.59. The molecule has 0 aliphatic carbocycles. The number of hydrogen-bond donors (Lipinski definition) is 0. The van der Waals surface area contributed by atoms with E-state index in [1.807, 2.05) is 0 Å². The van der Waals surface area contributed by atoms with Crippen molar-refractivity contribution < 1.29 is 28.6 Å². The predicted molar refractivity (Wildman–Crippen MR) is 247 cm³/mol. The smallest absolute Gasteiger partial charge is 0.306 e. The number of rotatable bonds is 47. The molecule has 0 N–H and O–H groups in total. The van der Waals surface area contributed by atoms with Crippen molar-refractivity contribution in [2.45, 2.75) is 297 Å². The number of hydrogen-bond acceptors (Lipinski definition) is 6. The van der Waals surface area contributed by atoms with Gasteiger partial charge in [0, 0.05) is 19.3 Å². The Morgan fingerprint density at radius 3 is 0.897 bits per heavy atom. The lowest BCUT2D eigenvalue weighted by Gasteiger charge is -2.18. The summed E-state index contributed by atoms with van der Waals surface area (Å²) in [5.41, 5.74) is 0. The van der Waals surface area contributed by atoms with Crippen molar-refractivity contribution in [2.75, 3.05) is 13.2 Å². The molecule has 0 radical (unpaired) electrons. The van der Waals surface area contributed by atoms with E-state index in [0.29, 0.717) is 19.3 Å². The van der Waals surface area contributed by atoms with E-state index in [2.05, 4.69) is 27.7 Å². The van der Waals surface area contributed by atoms with Crippen LogP contribution in [0.5, 0.6) is 0 Å². The van der Waals surface area contributed by atoms with Crippen molar-refractivity contribution in [1.29, 1.82) is 0 Å². The molecule has 1 unspecified atom stereocenters. The highest BCUT2D eigenvalue weighted by atomic mass is 16.6. The number of unbranched alkanes of at least 4 members (excludes halogenated alkanes) is 33. The van der Waals surface area contributed by atoms with E-state index >= 15 is 0 Å². The molecular weight excluding hydrogens is 721 g/mol. The average Bonchev–Trinajstić information content (AvgIpc) is 3.22. The Bertz CT molecular complexity index is 874. The average molecular weight is 821 g/mol. The van der Waals surface area contributed by atoms with E-state index in [1.165, 1.54) is 186 Å². The van der Waals surface area contributed by atoms with Gasteiger partial charge < -0.3 is 14.2 Å². The maximum atomic E-state index is 12.8. The topological polar surface area (TPSA) is 78.9 Å². The molecule has 0 saturated carbocycles. The van der Waals surface area contributed by atoms with Crippen molar-refractivity contribution in [3.63, 3.8) is 0 Å². The van der Waals surface area contributed by atoms with Crippen molar-refractivity contribution in [2.24, 2.45) is 5.92 Å². The van der Waals surface area contributed by atoms with Gasteiger partial charge in [-0.15, -0.1) is 0 Å². The maximum absolute atomic E-state index is 12.8. The first-order chi connectivity index (χ1) is 28.4. The standard InChI is InChI=1S/C52H100O6/c1-5-8-10-12-14-16-18-19-20-21-22-23-29-33-37-41-45-52(55)58-49(46-56-50(53)43-39-35-31-27-17-15-13-11-9-6-2)47-57-51(54)44-40-36-32-28-25-24-26-30-34-38-42-48(4)7-3/h48-49H,5-47H2,1-4H3/t48?,49-/m1/s1. The van der Waals surface area contributed by atoms with Gasteiger partial charge in [-0.25, -0.2) is 0 Å². The van der Waals surface area contributed by atoms with Crippen molar-refractivity contribution >= 4 is 17.9 Å². The second-order valence-corrected chi connectivity index (χ2v) is 18.1. The van der Waals surface area contributed by atoms with E-state index in [9.17, 15) is 14.4 Å². The van der Waals surface area contributed by atoms with Crippen LogP contribution in [0, 0.1) is 5.92 Å². The minimum atomic E-state index is -0.760. The van der Waals surface area contributed by atoms with E-state index in [4.69, 9.17) is 14.2 Å². The number of esters is 3. The Kier molecular flexibility index (Phi) is 45.2. The van der Waals surface area contributed by atoms with E-state index in [-0.39, 0.29) is 31.1 Å². The molecule has 0 aliphatic heterocycles. The van der Waals surface area contributed by atoms with Gasteiger partial charge in [0.1, 0.15) is 13.2 Å². The molecule has 344 valence electrons. The summed E-state index contributed by atoms with van der Waals surface area (Å²) in [6, 6.07) is 0. The lowest BCUT2D eigenvalue weighted by molar-refractivity contribution is -0.167. The molecule has 0 aromatic heterocycles.